The molecule has 0 unspecified atom stereocenters. The fourth-order valence-electron chi connectivity index (χ4n) is 3.57. The highest BCUT2D eigenvalue weighted by Crippen LogP contribution is 2.22. The van der Waals surface area contributed by atoms with E-state index in [0.717, 1.165) is 16.7 Å². The molecule has 0 N–H and O–H groups in total. The average Bonchev–Trinajstić information content (AvgIpc) is 3.17. The highest BCUT2D eigenvalue weighted by atomic mass is 16.6. The van der Waals surface area contributed by atoms with Crippen molar-refractivity contribution in [2.75, 3.05) is 31.1 Å². The summed E-state index contributed by atoms with van der Waals surface area (Å²) in [5.41, 5.74) is 2.34. The molecule has 9 nitrogen and oxygen atoms in total. The second-order valence-corrected chi connectivity index (χ2v) is 7.37. The van der Waals surface area contributed by atoms with E-state index in [1.54, 1.807) is 24.5 Å². The lowest BCUT2D eigenvalue weighted by atomic mass is 10.2. The molecule has 4 rings (SSSR count). The summed E-state index contributed by atoms with van der Waals surface area (Å²) in [6.45, 7) is 6.59. The van der Waals surface area contributed by atoms with Gasteiger partial charge >= 0.3 is 0 Å². The predicted octanol–water partition coefficient (Wildman–Crippen LogP) is 2.88. The average molecular weight is 394 g/mol. The monoisotopic (exact) mass is 394 g/mol. The topological polar surface area (TPSA) is 97.4 Å². The molecule has 0 bridgehead atoms. The quantitative estimate of drug-likeness (QED) is 0.499. The van der Waals surface area contributed by atoms with Gasteiger partial charge < -0.3 is 9.80 Å². The van der Waals surface area contributed by atoms with E-state index in [1.165, 1.54) is 12.1 Å². The van der Waals surface area contributed by atoms with Crippen LogP contribution in [0.5, 0.6) is 0 Å². The van der Waals surface area contributed by atoms with E-state index in [4.69, 9.17) is 0 Å². The number of aromatic nitrogens is 3. The maximum absolute atomic E-state index is 12.9. The van der Waals surface area contributed by atoms with Gasteiger partial charge in [-0.3, -0.25) is 14.9 Å². The van der Waals surface area contributed by atoms with Crippen LogP contribution >= 0.6 is 0 Å². The van der Waals surface area contributed by atoms with Gasteiger partial charge in [-0.25, -0.2) is 9.67 Å². The standard InChI is InChI=1S/C20H22N6O3/c1-14(2)25-19-15(13-22-25)11-16(12-21-19)20(27)24-9-7-23(8-10-24)17-3-5-18(6-4-17)26(28)29/h3-6,11-14H,7-10H2,1-2H3. The van der Waals surface area contributed by atoms with E-state index in [-0.39, 0.29) is 17.6 Å². The molecule has 150 valence electrons. The molecule has 1 aliphatic heterocycles. The normalized spacial score (nSPS) is 14.6. The molecule has 0 atom stereocenters. The van der Waals surface area contributed by atoms with Gasteiger partial charge in [0.1, 0.15) is 0 Å². The molecule has 9 heteroatoms. The number of hydrogen-bond acceptors (Lipinski definition) is 6. The first-order chi connectivity index (χ1) is 13.9. The molecular weight excluding hydrogens is 372 g/mol. The Morgan fingerprint density at radius 2 is 1.79 bits per heavy atom. The minimum atomic E-state index is -0.407. The number of benzene rings is 1. The van der Waals surface area contributed by atoms with Crippen molar-refractivity contribution >= 4 is 28.3 Å². The third kappa shape index (κ3) is 3.63. The van der Waals surface area contributed by atoms with E-state index in [2.05, 4.69) is 15.0 Å². The Hall–Kier alpha value is -3.49. The zero-order chi connectivity index (χ0) is 20.5. The molecule has 1 amide bonds. The lowest BCUT2D eigenvalue weighted by Crippen LogP contribution is -2.48. The van der Waals surface area contributed by atoms with E-state index in [1.807, 2.05) is 29.5 Å². The number of non-ortho nitro benzene ring substituents is 1. The van der Waals surface area contributed by atoms with Crippen LogP contribution in [-0.4, -0.2) is 56.7 Å². The molecule has 1 aromatic carbocycles. The van der Waals surface area contributed by atoms with E-state index in [0.29, 0.717) is 31.7 Å². The van der Waals surface area contributed by atoms with Gasteiger partial charge in [0.05, 0.1) is 16.7 Å². The number of nitro benzene ring substituents is 1. The Labute approximate surface area is 167 Å². The molecule has 1 fully saturated rings. The summed E-state index contributed by atoms with van der Waals surface area (Å²) in [5.74, 6) is -0.0416. The molecule has 1 aliphatic rings. The highest BCUT2D eigenvalue weighted by molar-refractivity contribution is 5.97. The molecular formula is C20H22N6O3. The maximum Gasteiger partial charge on any atom is 0.269 e. The number of hydrogen-bond donors (Lipinski definition) is 0. The maximum atomic E-state index is 12.9. The first-order valence-electron chi connectivity index (χ1n) is 9.56. The number of nitro groups is 1. The van der Waals surface area contributed by atoms with Gasteiger partial charge in [0, 0.05) is 61.6 Å². The van der Waals surface area contributed by atoms with Crippen molar-refractivity contribution in [3.8, 4) is 0 Å². The van der Waals surface area contributed by atoms with Crippen LogP contribution in [0.4, 0.5) is 11.4 Å². The van der Waals surface area contributed by atoms with E-state index >= 15 is 0 Å². The number of pyridine rings is 1. The summed E-state index contributed by atoms with van der Waals surface area (Å²) in [6, 6.07) is 8.56. The summed E-state index contributed by atoms with van der Waals surface area (Å²) in [4.78, 5) is 31.7. The van der Waals surface area contributed by atoms with E-state index in [9.17, 15) is 14.9 Å². The summed E-state index contributed by atoms with van der Waals surface area (Å²) < 4.78 is 1.84. The number of fused-ring (bicyclic) bond motifs is 1. The summed E-state index contributed by atoms with van der Waals surface area (Å²) in [7, 11) is 0. The Balaban J connectivity index is 1.43. The summed E-state index contributed by atoms with van der Waals surface area (Å²) in [5, 5.41) is 16.0. The Bertz CT molecular complexity index is 1050. The van der Waals surface area contributed by atoms with Gasteiger partial charge in [-0.05, 0) is 32.0 Å². The predicted molar refractivity (Wildman–Crippen MR) is 109 cm³/mol. The molecule has 0 saturated carbocycles. The van der Waals surface area contributed by atoms with Gasteiger partial charge in [0.25, 0.3) is 11.6 Å². The first kappa shape index (κ1) is 18.9. The molecule has 0 spiro atoms. The minimum Gasteiger partial charge on any atom is -0.368 e. The van der Waals surface area contributed by atoms with Crippen molar-refractivity contribution in [2.24, 2.45) is 0 Å². The van der Waals surface area contributed by atoms with Crippen LogP contribution in [0, 0.1) is 10.1 Å². The van der Waals surface area contributed by atoms with Crippen LogP contribution in [0.3, 0.4) is 0 Å². The third-order valence-electron chi connectivity index (χ3n) is 5.16. The van der Waals surface area contributed by atoms with Crippen molar-refractivity contribution in [1.29, 1.82) is 0 Å². The number of anilines is 1. The van der Waals surface area contributed by atoms with Crippen LogP contribution in [0.15, 0.2) is 42.7 Å². The molecule has 3 aromatic rings. The lowest BCUT2D eigenvalue weighted by Gasteiger charge is -2.36. The first-order valence-corrected chi connectivity index (χ1v) is 9.56. The van der Waals surface area contributed by atoms with Crippen molar-refractivity contribution in [1.82, 2.24) is 19.7 Å². The highest BCUT2D eigenvalue weighted by Gasteiger charge is 2.23. The Morgan fingerprint density at radius 1 is 1.10 bits per heavy atom. The number of piperazine rings is 1. The molecule has 3 heterocycles. The SMILES string of the molecule is CC(C)n1ncc2cc(C(=O)N3CCN(c4ccc([N+](=O)[O-])cc4)CC3)cnc21. The number of carbonyl (C=O) groups is 1. The fourth-order valence-corrected chi connectivity index (χ4v) is 3.57. The van der Waals surface area contributed by atoms with Gasteiger partial charge in [0.15, 0.2) is 5.65 Å². The minimum absolute atomic E-state index is 0.0416. The second kappa shape index (κ2) is 7.50. The van der Waals surface area contributed by atoms with E-state index < -0.39 is 4.92 Å². The van der Waals surface area contributed by atoms with Crippen molar-refractivity contribution < 1.29 is 9.72 Å². The van der Waals surface area contributed by atoms with Gasteiger partial charge in [-0.1, -0.05) is 0 Å². The fraction of sp³-hybridized carbons (Fsp3) is 0.350. The largest absolute Gasteiger partial charge is 0.368 e. The number of rotatable bonds is 4. The Morgan fingerprint density at radius 3 is 2.41 bits per heavy atom. The number of carbonyl (C=O) groups excluding carboxylic acids is 1. The van der Waals surface area contributed by atoms with Crippen LogP contribution in [0.25, 0.3) is 11.0 Å². The molecule has 29 heavy (non-hydrogen) atoms. The van der Waals surface area contributed by atoms with Crippen LogP contribution in [0.1, 0.15) is 30.2 Å². The van der Waals surface area contributed by atoms with Crippen LogP contribution in [-0.2, 0) is 0 Å². The lowest BCUT2D eigenvalue weighted by molar-refractivity contribution is -0.384. The van der Waals surface area contributed by atoms with Crippen molar-refractivity contribution in [3.05, 3.63) is 58.4 Å². The summed E-state index contributed by atoms with van der Waals surface area (Å²) in [6.07, 6.45) is 3.36. The van der Waals surface area contributed by atoms with Gasteiger partial charge in [-0.2, -0.15) is 5.10 Å². The van der Waals surface area contributed by atoms with Gasteiger partial charge in [0.2, 0.25) is 0 Å². The molecule has 0 aliphatic carbocycles. The number of nitrogens with zero attached hydrogens (tertiary/aromatic N) is 6. The molecule has 1 saturated heterocycles. The zero-order valence-electron chi connectivity index (χ0n) is 16.4. The molecule has 2 aromatic heterocycles. The number of amides is 1. The van der Waals surface area contributed by atoms with Crippen molar-refractivity contribution in [2.45, 2.75) is 19.9 Å². The van der Waals surface area contributed by atoms with Crippen molar-refractivity contribution in [3.63, 3.8) is 0 Å². The smallest absolute Gasteiger partial charge is 0.269 e. The van der Waals surface area contributed by atoms with Crippen LogP contribution < -0.4 is 4.90 Å². The van der Waals surface area contributed by atoms with Crippen LogP contribution in [0.2, 0.25) is 0 Å². The second-order valence-electron chi connectivity index (χ2n) is 7.37. The third-order valence-corrected chi connectivity index (χ3v) is 5.16. The molecule has 0 radical (unpaired) electrons. The van der Waals surface area contributed by atoms with Gasteiger partial charge in [-0.15, -0.1) is 0 Å². The Kier molecular flexibility index (Phi) is 4.87. The zero-order valence-corrected chi connectivity index (χ0v) is 16.4. The summed E-state index contributed by atoms with van der Waals surface area (Å²) >= 11 is 0.